The minimum Gasteiger partial charge on any atom is -0.330 e. The Morgan fingerprint density at radius 3 is 1.08 bits per heavy atom. The van der Waals surface area contributed by atoms with Crippen molar-refractivity contribution in [2.24, 2.45) is 17.4 Å². The van der Waals surface area contributed by atoms with E-state index in [1.165, 1.54) is 116 Å². The van der Waals surface area contributed by atoms with E-state index in [2.05, 4.69) is 20.8 Å². The van der Waals surface area contributed by atoms with Crippen molar-refractivity contribution in [2.45, 2.75) is 136 Å². The summed E-state index contributed by atoms with van der Waals surface area (Å²) in [6, 6.07) is 0. The molecule has 0 spiro atoms. The summed E-state index contributed by atoms with van der Waals surface area (Å²) in [6.07, 6.45) is 25.0. The average Bonchev–Trinajstić information content (AvgIpc) is 2.63. The Labute approximate surface area is 167 Å². The Hall–Kier alpha value is -0.0800. The summed E-state index contributed by atoms with van der Waals surface area (Å²) in [5.41, 5.74) is 10.8. The van der Waals surface area contributed by atoms with Crippen LogP contribution >= 0.6 is 0 Å². The Morgan fingerprint density at radius 2 is 0.769 bits per heavy atom. The van der Waals surface area contributed by atoms with Crippen molar-refractivity contribution < 1.29 is 0 Å². The highest BCUT2D eigenvalue weighted by atomic mass is 14.5. The summed E-state index contributed by atoms with van der Waals surface area (Å²) >= 11 is 0. The molecule has 0 atom stereocenters. The van der Waals surface area contributed by atoms with E-state index in [0.717, 1.165) is 19.0 Å². The van der Waals surface area contributed by atoms with Crippen LogP contribution in [0.15, 0.2) is 0 Å². The highest BCUT2D eigenvalue weighted by Crippen LogP contribution is 2.12. The second-order valence-electron chi connectivity index (χ2n) is 8.42. The highest BCUT2D eigenvalue weighted by molar-refractivity contribution is 4.49. The van der Waals surface area contributed by atoms with Gasteiger partial charge in [-0.1, -0.05) is 124 Å². The zero-order valence-electron chi connectivity index (χ0n) is 18.9. The molecule has 0 heterocycles. The van der Waals surface area contributed by atoms with Crippen LogP contribution in [0, 0.1) is 5.92 Å². The van der Waals surface area contributed by atoms with E-state index in [4.69, 9.17) is 11.5 Å². The van der Waals surface area contributed by atoms with Crippen LogP contribution < -0.4 is 11.5 Å². The fourth-order valence-electron chi connectivity index (χ4n) is 3.21. The molecule has 0 unspecified atom stereocenters. The summed E-state index contributed by atoms with van der Waals surface area (Å²) in [6.45, 7) is 8.62. The van der Waals surface area contributed by atoms with Gasteiger partial charge in [-0.3, -0.25) is 0 Å². The molecule has 0 bridgehead atoms. The van der Waals surface area contributed by atoms with Crippen LogP contribution in [0.1, 0.15) is 136 Å². The fourth-order valence-corrected chi connectivity index (χ4v) is 3.21. The van der Waals surface area contributed by atoms with Crippen molar-refractivity contribution >= 4 is 0 Å². The van der Waals surface area contributed by atoms with Crippen LogP contribution in [-0.4, -0.2) is 13.1 Å². The fraction of sp³-hybridized carbons (Fsp3) is 1.00. The van der Waals surface area contributed by atoms with E-state index in [9.17, 15) is 0 Å². The van der Waals surface area contributed by atoms with E-state index in [0.29, 0.717) is 0 Å². The highest BCUT2D eigenvalue weighted by Gasteiger charge is 1.94. The number of hydrogen-bond acceptors (Lipinski definition) is 2. The lowest BCUT2D eigenvalue weighted by Gasteiger charge is -2.03. The first kappa shape index (κ1) is 28.1. The predicted molar refractivity (Wildman–Crippen MR) is 122 cm³/mol. The lowest BCUT2D eigenvalue weighted by atomic mass is 10.0. The van der Waals surface area contributed by atoms with E-state index in [1.807, 2.05) is 0 Å². The van der Waals surface area contributed by atoms with Gasteiger partial charge >= 0.3 is 0 Å². The van der Waals surface area contributed by atoms with Gasteiger partial charge in [-0.05, 0) is 31.8 Å². The smallest absolute Gasteiger partial charge is 0.00773 e. The Kier molecular flexibility index (Phi) is 29.4. The quantitative estimate of drug-likeness (QED) is 0.230. The lowest BCUT2D eigenvalue weighted by Crippen LogP contribution is -1.97. The SMILES string of the molecule is CC(C)CCCCCCCCCN.CCCCCCCCCCCCN. The second-order valence-corrected chi connectivity index (χ2v) is 8.42. The third-order valence-corrected chi connectivity index (χ3v) is 5.04. The monoisotopic (exact) mass is 370 g/mol. The third kappa shape index (κ3) is 31.7. The van der Waals surface area contributed by atoms with Gasteiger partial charge in [-0.2, -0.15) is 0 Å². The minimum absolute atomic E-state index is 0.868. The van der Waals surface area contributed by atoms with E-state index in [-0.39, 0.29) is 0 Å². The van der Waals surface area contributed by atoms with Crippen LogP contribution in [0.4, 0.5) is 0 Å². The van der Waals surface area contributed by atoms with Gasteiger partial charge in [0.2, 0.25) is 0 Å². The normalized spacial score (nSPS) is 10.8. The van der Waals surface area contributed by atoms with Crippen LogP contribution in [0.25, 0.3) is 0 Å². The van der Waals surface area contributed by atoms with Gasteiger partial charge in [-0.25, -0.2) is 0 Å². The van der Waals surface area contributed by atoms with Gasteiger partial charge in [0.05, 0.1) is 0 Å². The molecule has 4 N–H and O–H groups in total. The molecule has 0 aromatic carbocycles. The summed E-state index contributed by atoms with van der Waals surface area (Å²) in [5.74, 6) is 0.886. The standard InChI is InChI=1S/2C12H27N/c1-12(2)10-8-6-4-3-5-7-9-11-13;1-2-3-4-5-6-7-8-9-10-11-12-13/h12H,3-11,13H2,1-2H3;2-13H2,1H3. The summed E-state index contributed by atoms with van der Waals surface area (Å²) in [5, 5.41) is 0. The van der Waals surface area contributed by atoms with Crippen LogP contribution in [0.5, 0.6) is 0 Å². The molecule has 0 aliphatic rings. The van der Waals surface area contributed by atoms with Gasteiger partial charge in [0.15, 0.2) is 0 Å². The van der Waals surface area contributed by atoms with Gasteiger partial charge in [-0.15, -0.1) is 0 Å². The molecule has 0 saturated carbocycles. The molecular formula is C24H54N2. The summed E-state index contributed by atoms with van der Waals surface area (Å²) < 4.78 is 0. The Balaban J connectivity index is 0. The van der Waals surface area contributed by atoms with Crippen molar-refractivity contribution in [3.05, 3.63) is 0 Å². The zero-order valence-corrected chi connectivity index (χ0v) is 18.9. The molecule has 0 rings (SSSR count). The van der Waals surface area contributed by atoms with E-state index < -0.39 is 0 Å². The molecule has 2 heteroatoms. The molecule has 160 valence electrons. The molecule has 2 nitrogen and oxygen atoms in total. The van der Waals surface area contributed by atoms with Crippen LogP contribution in [-0.2, 0) is 0 Å². The molecular weight excluding hydrogens is 316 g/mol. The van der Waals surface area contributed by atoms with Crippen molar-refractivity contribution in [2.75, 3.05) is 13.1 Å². The van der Waals surface area contributed by atoms with Crippen LogP contribution in [0.2, 0.25) is 0 Å². The average molecular weight is 371 g/mol. The number of unbranched alkanes of at least 4 members (excludes halogenated alkanes) is 15. The Morgan fingerprint density at radius 1 is 0.462 bits per heavy atom. The maximum absolute atomic E-state index is 5.42. The lowest BCUT2D eigenvalue weighted by molar-refractivity contribution is 0.510. The molecule has 0 aliphatic carbocycles. The molecule has 0 saturated heterocycles. The van der Waals surface area contributed by atoms with Crippen molar-refractivity contribution in [1.82, 2.24) is 0 Å². The maximum atomic E-state index is 5.42. The van der Waals surface area contributed by atoms with E-state index >= 15 is 0 Å². The number of nitrogens with two attached hydrogens (primary N) is 2. The summed E-state index contributed by atoms with van der Waals surface area (Å²) in [7, 11) is 0. The zero-order chi connectivity index (χ0) is 19.7. The molecule has 0 aromatic rings. The molecule has 0 radical (unpaired) electrons. The molecule has 0 fully saturated rings. The van der Waals surface area contributed by atoms with Gasteiger partial charge in [0.25, 0.3) is 0 Å². The largest absolute Gasteiger partial charge is 0.330 e. The van der Waals surface area contributed by atoms with Crippen molar-refractivity contribution in [3.8, 4) is 0 Å². The molecule has 0 amide bonds. The van der Waals surface area contributed by atoms with Gasteiger partial charge in [0.1, 0.15) is 0 Å². The topological polar surface area (TPSA) is 52.0 Å². The maximum Gasteiger partial charge on any atom is -0.00773 e. The first-order valence-corrected chi connectivity index (χ1v) is 12.1. The summed E-state index contributed by atoms with van der Waals surface area (Å²) in [4.78, 5) is 0. The first-order valence-electron chi connectivity index (χ1n) is 12.1. The van der Waals surface area contributed by atoms with Gasteiger partial charge in [0, 0.05) is 0 Å². The van der Waals surface area contributed by atoms with Gasteiger partial charge < -0.3 is 11.5 Å². The predicted octanol–water partition coefficient (Wildman–Crippen LogP) is 7.59. The number of hydrogen-bond donors (Lipinski definition) is 2. The molecule has 0 aromatic heterocycles. The minimum atomic E-state index is 0.868. The van der Waals surface area contributed by atoms with Crippen LogP contribution in [0.3, 0.4) is 0 Å². The molecule has 26 heavy (non-hydrogen) atoms. The Bertz CT molecular complexity index is 206. The van der Waals surface area contributed by atoms with Crippen molar-refractivity contribution in [1.29, 1.82) is 0 Å². The van der Waals surface area contributed by atoms with E-state index in [1.54, 1.807) is 0 Å². The number of rotatable bonds is 19. The molecule has 0 aliphatic heterocycles. The first-order chi connectivity index (χ1) is 12.7. The second kappa shape index (κ2) is 27.1. The van der Waals surface area contributed by atoms with Crippen molar-refractivity contribution in [3.63, 3.8) is 0 Å². The third-order valence-electron chi connectivity index (χ3n) is 5.04.